The van der Waals surface area contributed by atoms with Gasteiger partial charge in [-0.1, -0.05) is 39.5 Å². The van der Waals surface area contributed by atoms with E-state index in [1.54, 1.807) is 0 Å². The first-order valence-corrected chi connectivity index (χ1v) is 6.25. The Morgan fingerprint density at radius 3 is 2.36 bits per heavy atom. The second-order valence-corrected chi connectivity index (χ2v) is 5.31. The number of rotatable bonds is 0. The maximum Gasteiger partial charge on any atom is 0.139 e. The molecule has 0 bridgehead atoms. The van der Waals surface area contributed by atoms with Gasteiger partial charge in [0, 0.05) is 11.8 Å². The summed E-state index contributed by atoms with van der Waals surface area (Å²) in [5, 5.41) is 0. The zero-order valence-electron chi connectivity index (χ0n) is 9.46. The van der Waals surface area contributed by atoms with Crippen LogP contribution in [0.5, 0.6) is 0 Å². The number of hydrogen-bond donors (Lipinski definition) is 0. The van der Waals surface area contributed by atoms with E-state index in [0.717, 1.165) is 5.92 Å². The van der Waals surface area contributed by atoms with Crippen LogP contribution in [0.3, 0.4) is 0 Å². The van der Waals surface area contributed by atoms with Crippen molar-refractivity contribution in [1.29, 1.82) is 0 Å². The van der Waals surface area contributed by atoms with Crippen molar-refractivity contribution in [3.63, 3.8) is 0 Å². The number of ketones is 1. The molecular formula is C13H22O. The summed E-state index contributed by atoms with van der Waals surface area (Å²) in [6.07, 6.45) is 7.86. The van der Waals surface area contributed by atoms with Crippen molar-refractivity contribution in [2.75, 3.05) is 0 Å². The molecule has 14 heavy (non-hydrogen) atoms. The van der Waals surface area contributed by atoms with Crippen LogP contribution < -0.4 is 0 Å². The van der Waals surface area contributed by atoms with E-state index in [1.165, 1.54) is 38.5 Å². The fourth-order valence-electron chi connectivity index (χ4n) is 3.46. The number of hydrogen-bond acceptors (Lipinski definition) is 1. The molecule has 4 unspecified atom stereocenters. The standard InChI is InChI=1S/C13H22O/c1-9-10(2)13(14)12-8-6-4-3-5-7-11(9)12/h9-12H,3-8H2,1-2H3. The molecule has 2 saturated carbocycles. The first kappa shape index (κ1) is 10.2. The van der Waals surface area contributed by atoms with E-state index in [-0.39, 0.29) is 0 Å². The van der Waals surface area contributed by atoms with Gasteiger partial charge in [0.1, 0.15) is 5.78 Å². The topological polar surface area (TPSA) is 17.1 Å². The first-order chi connectivity index (χ1) is 6.72. The highest BCUT2D eigenvalue weighted by Crippen LogP contribution is 2.44. The summed E-state index contributed by atoms with van der Waals surface area (Å²) in [5.74, 6) is 2.70. The predicted molar refractivity (Wildman–Crippen MR) is 58.0 cm³/mol. The van der Waals surface area contributed by atoms with Crippen LogP contribution in [0.1, 0.15) is 52.4 Å². The summed E-state index contributed by atoms with van der Waals surface area (Å²) in [6, 6.07) is 0. The van der Waals surface area contributed by atoms with E-state index in [2.05, 4.69) is 13.8 Å². The molecule has 0 aliphatic heterocycles. The monoisotopic (exact) mass is 194 g/mol. The summed E-state index contributed by atoms with van der Waals surface area (Å²) in [4.78, 5) is 12.0. The molecule has 0 aromatic rings. The highest BCUT2D eigenvalue weighted by molar-refractivity contribution is 5.86. The van der Waals surface area contributed by atoms with Gasteiger partial charge < -0.3 is 0 Å². The van der Waals surface area contributed by atoms with E-state index in [4.69, 9.17) is 0 Å². The third-order valence-electron chi connectivity index (χ3n) is 4.60. The van der Waals surface area contributed by atoms with E-state index < -0.39 is 0 Å². The maximum absolute atomic E-state index is 12.0. The lowest BCUT2D eigenvalue weighted by atomic mass is 9.80. The minimum absolute atomic E-state index is 0.336. The number of carbonyl (C=O) groups is 1. The molecule has 0 aromatic carbocycles. The largest absolute Gasteiger partial charge is 0.299 e. The van der Waals surface area contributed by atoms with Crippen molar-refractivity contribution in [1.82, 2.24) is 0 Å². The van der Waals surface area contributed by atoms with Gasteiger partial charge in [-0.25, -0.2) is 0 Å². The van der Waals surface area contributed by atoms with Crippen molar-refractivity contribution in [3.05, 3.63) is 0 Å². The van der Waals surface area contributed by atoms with E-state index >= 15 is 0 Å². The molecule has 0 aromatic heterocycles. The molecule has 4 atom stereocenters. The Morgan fingerprint density at radius 1 is 1.00 bits per heavy atom. The van der Waals surface area contributed by atoms with Gasteiger partial charge in [0.25, 0.3) is 0 Å². The normalized spacial score (nSPS) is 44.3. The van der Waals surface area contributed by atoms with Crippen LogP contribution in [0, 0.1) is 23.7 Å². The van der Waals surface area contributed by atoms with Crippen LogP contribution in [0.2, 0.25) is 0 Å². The molecule has 1 nitrogen and oxygen atoms in total. The molecular weight excluding hydrogens is 172 g/mol. The predicted octanol–water partition coefficient (Wildman–Crippen LogP) is 3.43. The maximum atomic E-state index is 12.0. The lowest BCUT2D eigenvalue weighted by molar-refractivity contribution is -0.124. The minimum atomic E-state index is 0.336. The van der Waals surface area contributed by atoms with Crippen molar-refractivity contribution in [2.45, 2.75) is 52.4 Å². The van der Waals surface area contributed by atoms with Crippen LogP contribution in [-0.4, -0.2) is 5.78 Å². The van der Waals surface area contributed by atoms with Gasteiger partial charge in [-0.2, -0.15) is 0 Å². The highest BCUT2D eigenvalue weighted by Gasteiger charge is 2.44. The lowest BCUT2D eigenvalue weighted by Crippen LogP contribution is -2.18. The quantitative estimate of drug-likeness (QED) is 0.577. The molecule has 0 saturated heterocycles. The van der Waals surface area contributed by atoms with Gasteiger partial charge in [-0.3, -0.25) is 4.79 Å². The van der Waals surface area contributed by atoms with Crippen LogP contribution in [-0.2, 0) is 4.79 Å². The van der Waals surface area contributed by atoms with Crippen molar-refractivity contribution < 1.29 is 4.79 Å². The second kappa shape index (κ2) is 4.04. The molecule has 0 spiro atoms. The van der Waals surface area contributed by atoms with E-state index in [1.807, 2.05) is 0 Å². The molecule has 2 rings (SSSR count). The molecule has 0 N–H and O–H groups in total. The number of carbonyl (C=O) groups excluding carboxylic acids is 1. The Morgan fingerprint density at radius 2 is 1.64 bits per heavy atom. The second-order valence-electron chi connectivity index (χ2n) is 5.31. The minimum Gasteiger partial charge on any atom is -0.299 e. The molecule has 0 heterocycles. The lowest BCUT2D eigenvalue weighted by Gasteiger charge is -2.24. The average molecular weight is 194 g/mol. The molecule has 1 heteroatoms. The fraction of sp³-hybridized carbons (Fsp3) is 0.923. The third-order valence-corrected chi connectivity index (χ3v) is 4.60. The van der Waals surface area contributed by atoms with Gasteiger partial charge in [0.2, 0.25) is 0 Å². The van der Waals surface area contributed by atoms with Gasteiger partial charge in [0.15, 0.2) is 0 Å². The molecule has 2 aliphatic carbocycles. The molecule has 80 valence electrons. The van der Waals surface area contributed by atoms with Crippen LogP contribution in [0.4, 0.5) is 0 Å². The Labute approximate surface area is 87.3 Å². The summed E-state index contributed by atoms with van der Waals surface area (Å²) in [5.41, 5.74) is 0. The summed E-state index contributed by atoms with van der Waals surface area (Å²) in [6.45, 7) is 4.42. The molecule has 0 radical (unpaired) electrons. The number of Topliss-reactive ketones (excluding diaryl/α,β-unsaturated/α-hetero) is 1. The van der Waals surface area contributed by atoms with Crippen molar-refractivity contribution in [2.24, 2.45) is 23.7 Å². The Balaban J connectivity index is 2.12. The van der Waals surface area contributed by atoms with Crippen LogP contribution in [0.15, 0.2) is 0 Å². The van der Waals surface area contributed by atoms with Crippen molar-refractivity contribution >= 4 is 5.78 Å². The third kappa shape index (κ3) is 1.62. The Hall–Kier alpha value is -0.330. The van der Waals surface area contributed by atoms with Crippen molar-refractivity contribution in [3.8, 4) is 0 Å². The van der Waals surface area contributed by atoms with Crippen LogP contribution in [0.25, 0.3) is 0 Å². The van der Waals surface area contributed by atoms with Gasteiger partial charge in [-0.05, 0) is 24.7 Å². The summed E-state index contributed by atoms with van der Waals surface area (Å²) in [7, 11) is 0. The zero-order chi connectivity index (χ0) is 10.1. The molecule has 2 aliphatic rings. The summed E-state index contributed by atoms with van der Waals surface area (Å²) >= 11 is 0. The van der Waals surface area contributed by atoms with Gasteiger partial charge >= 0.3 is 0 Å². The van der Waals surface area contributed by atoms with Gasteiger partial charge in [0.05, 0.1) is 0 Å². The Bertz CT molecular complexity index is 221. The zero-order valence-corrected chi connectivity index (χ0v) is 9.46. The van der Waals surface area contributed by atoms with E-state index in [0.29, 0.717) is 23.5 Å². The highest BCUT2D eigenvalue weighted by atomic mass is 16.1. The fourth-order valence-corrected chi connectivity index (χ4v) is 3.46. The average Bonchev–Trinajstić information content (AvgIpc) is 2.31. The summed E-state index contributed by atoms with van der Waals surface area (Å²) < 4.78 is 0. The number of fused-ring (bicyclic) bond motifs is 1. The SMILES string of the molecule is CC1C(=O)C2CCCCCCC2C1C. The smallest absolute Gasteiger partial charge is 0.139 e. The Kier molecular flexibility index (Phi) is 2.94. The molecule has 2 fully saturated rings. The van der Waals surface area contributed by atoms with Gasteiger partial charge in [-0.15, -0.1) is 0 Å². The van der Waals surface area contributed by atoms with E-state index in [9.17, 15) is 4.79 Å². The van der Waals surface area contributed by atoms with Crippen LogP contribution >= 0.6 is 0 Å². The first-order valence-electron chi connectivity index (χ1n) is 6.25. The molecule has 0 amide bonds.